The van der Waals surface area contributed by atoms with Gasteiger partial charge in [-0.25, -0.2) is 10.5 Å². The van der Waals surface area contributed by atoms with Crippen molar-refractivity contribution in [2.75, 3.05) is 6.61 Å². The number of nitrogens with one attached hydrogen (secondary N) is 1. The lowest BCUT2D eigenvalue weighted by atomic mass is 10.2. The normalized spacial score (nSPS) is 10.6. The van der Waals surface area contributed by atoms with Gasteiger partial charge in [-0.1, -0.05) is 37.0 Å². The van der Waals surface area contributed by atoms with Crippen molar-refractivity contribution in [1.29, 1.82) is 0 Å². The van der Waals surface area contributed by atoms with Crippen LogP contribution >= 0.6 is 23.2 Å². The quantitative estimate of drug-likeness (QED) is 0.671. The molecule has 0 aromatic carbocycles. The molecule has 0 aliphatic heterocycles. The number of halogens is 2. The number of carbonyl (C=O) groups excluding carboxylic acids is 1. The van der Waals surface area contributed by atoms with Crippen LogP contribution in [0.25, 0.3) is 0 Å². The molecule has 0 aliphatic carbocycles. The van der Waals surface area contributed by atoms with Crippen LogP contribution in [0.3, 0.4) is 0 Å². The number of nitrogens with zero attached hydrogens (tertiary/aromatic N) is 1. The summed E-state index contributed by atoms with van der Waals surface area (Å²) in [5.41, 5.74) is 2.31. The highest BCUT2D eigenvalue weighted by Crippen LogP contribution is 2.16. The minimum absolute atomic E-state index is 0.0536. The molecular weight excluding hydrogens is 251 g/mol. The molecule has 88 valence electrons. The van der Waals surface area contributed by atoms with Crippen molar-refractivity contribution in [2.45, 2.75) is 13.8 Å². The lowest BCUT2D eigenvalue weighted by Gasteiger charge is -2.08. The Kier molecular flexibility index (Phi) is 4.99. The second-order valence-corrected chi connectivity index (χ2v) is 4.39. The summed E-state index contributed by atoms with van der Waals surface area (Å²) in [6.45, 7) is 4.36. The van der Waals surface area contributed by atoms with E-state index in [-0.39, 0.29) is 15.9 Å². The molecule has 0 unspecified atom stereocenters. The third kappa shape index (κ3) is 3.96. The van der Waals surface area contributed by atoms with Gasteiger partial charge in [-0.05, 0) is 18.1 Å². The van der Waals surface area contributed by atoms with Gasteiger partial charge in [0.05, 0.1) is 11.6 Å². The fourth-order valence-corrected chi connectivity index (χ4v) is 1.24. The van der Waals surface area contributed by atoms with Gasteiger partial charge < -0.3 is 0 Å². The largest absolute Gasteiger partial charge is 0.295 e. The Hall–Kier alpha value is -0.840. The average molecular weight is 263 g/mol. The van der Waals surface area contributed by atoms with Gasteiger partial charge in [-0.15, -0.1) is 0 Å². The highest BCUT2D eigenvalue weighted by atomic mass is 35.5. The Morgan fingerprint density at radius 1 is 1.50 bits per heavy atom. The molecule has 0 fully saturated rings. The molecule has 1 amide bonds. The first-order valence-corrected chi connectivity index (χ1v) is 5.50. The van der Waals surface area contributed by atoms with E-state index in [1.165, 1.54) is 12.1 Å². The molecule has 0 bridgehead atoms. The van der Waals surface area contributed by atoms with Crippen LogP contribution in [0.4, 0.5) is 0 Å². The van der Waals surface area contributed by atoms with Gasteiger partial charge >= 0.3 is 0 Å². The maximum absolute atomic E-state index is 11.6. The van der Waals surface area contributed by atoms with Crippen molar-refractivity contribution in [3.63, 3.8) is 0 Å². The summed E-state index contributed by atoms with van der Waals surface area (Å²) in [6.07, 6.45) is 0. The van der Waals surface area contributed by atoms with Gasteiger partial charge in [0.1, 0.15) is 5.15 Å². The van der Waals surface area contributed by atoms with E-state index in [9.17, 15) is 4.79 Å². The van der Waals surface area contributed by atoms with Crippen LogP contribution in [0.1, 0.15) is 24.3 Å². The maximum Gasteiger partial charge on any atom is 0.295 e. The molecule has 16 heavy (non-hydrogen) atoms. The number of hydrogen-bond acceptors (Lipinski definition) is 3. The third-order valence-corrected chi connectivity index (χ3v) is 2.12. The molecule has 0 saturated carbocycles. The monoisotopic (exact) mass is 262 g/mol. The van der Waals surface area contributed by atoms with Crippen molar-refractivity contribution in [1.82, 2.24) is 10.5 Å². The van der Waals surface area contributed by atoms with E-state index < -0.39 is 5.91 Å². The number of rotatable bonds is 4. The number of hydrogen-bond donors (Lipinski definition) is 1. The van der Waals surface area contributed by atoms with Gasteiger partial charge in [0.25, 0.3) is 5.91 Å². The van der Waals surface area contributed by atoms with Crippen LogP contribution in [-0.2, 0) is 4.84 Å². The summed E-state index contributed by atoms with van der Waals surface area (Å²) in [5, 5.41) is 0.438. The summed E-state index contributed by atoms with van der Waals surface area (Å²) in [6, 6.07) is 3.02. The zero-order valence-corrected chi connectivity index (χ0v) is 10.5. The topological polar surface area (TPSA) is 51.2 Å². The van der Waals surface area contributed by atoms with Crippen LogP contribution in [0.2, 0.25) is 10.2 Å². The smallest absolute Gasteiger partial charge is 0.273 e. The number of hydroxylamine groups is 1. The molecule has 0 radical (unpaired) electrons. The van der Waals surface area contributed by atoms with Crippen molar-refractivity contribution in [3.8, 4) is 0 Å². The Morgan fingerprint density at radius 3 is 2.81 bits per heavy atom. The molecule has 0 atom stereocenters. The molecule has 4 nitrogen and oxygen atoms in total. The minimum atomic E-state index is -0.506. The molecule has 1 aromatic rings. The first-order chi connectivity index (χ1) is 7.50. The molecule has 0 saturated heterocycles. The number of pyridine rings is 1. The summed E-state index contributed by atoms with van der Waals surface area (Å²) < 4.78 is 0. The second kappa shape index (κ2) is 6.03. The Labute approximate surface area is 104 Å². The second-order valence-electron chi connectivity index (χ2n) is 3.60. The van der Waals surface area contributed by atoms with Crippen LogP contribution in [0.15, 0.2) is 12.1 Å². The predicted molar refractivity (Wildman–Crippen MR) is 62.5 cm³/mol. The van der Waals surface area contributed by atoms with E-state index in [0.717, 1.165) is 0 Å². The van der Waals surface area contributed by atoms with Gasteiger partial charge in [-0.3, -0.25) is 9.63 Å². The fraction of sp³-hybridized carbons (Fsp3) is 0.400. The summed E-state index contributed by atoms with van der Waals surface area (Å²) in [5.74, 6) is -0.184. The van der Waals surface area contributed by atoms with E-state index in [4.69, 9.17) is 28.0 Å². The third-order valence-electron chi connectivity index (χ3n) is 1.61. The summed E-state index contributed by atoms with van der Waals surface area (Å²) in [4.78, 5) is 20.3. The van der Waals surface area contributed by atoms with Crippen LogP contribution < -0.4 is 5.48 Å². The molecular formula is C10H12Cl2N2O2. The van der Waals surface area contributed by atoms with Crippen molar-refractivity contribution in [2.24, 2.45) is 5.92 Å². The summed E-state index contributed by atoms with van der Waals surface area (Å²) >= 11 is 11.4. The first-order valence-electron chi connectivity index (χ1n) is 4.75. The van der Waals surface area contributed by atoms with Gasteiger partial charge in [-0.2, -0.15) is 0 Å². The van der Waals surface area contributed by atoms with Crippen molar-refractivity contribution < 1.29 is 9.63 Å². The molecule has 6 heteroatoms. The van der Waals surface area contributed by atoms with Crippen LogP contribution in [0.5, 0.6) is 0 Å². The Morgan fingerprint density at radius 2 is 2.19 bits per heavy atom. The zero-order chi connectivity index (χ0) is 12.1. The average Bonchev–Trinajstić information content (AvgIpc) is 2.21. The van der Waals surface area contributed by atoms with Crippen LogP contribution in [0, 0.1) is 5.92 Å². The molecule has 0 aliphatic rings. The predicted octanol–water partition coefficient (Wildman–Crippen LogP) is 2.71. The SMILES string of the molecule is CC(C)CONC(=O)c1nc(Cl)ccc1Cl. The van der Waals surface area contributed by atoms with Crippen molar-refractivity contribution in [3.05, 3.63) is 28.0 Å². The Balaban J connectivity index is 2.62. The van der Waals surface area contributed by atoms with E-state index in [1.807, 2.05) is 13.8 Å². The van der Waals surface area contributed by atoms with E-state index in [2.05, 4.69) is 10.5 Å². The number of aromatic nitrogens is 1. The molecule has 1 heterocycles. The molecule has 1 N–H and O–H groups in total. The van der Waals surface area contributed by atoms with E-state index in [1.54, 1.807) is 0 Å². The van der Waals surface area contributed by atoms with E-state index in [0.29, 0.717) is 12.5 Å². The first kappa shape index (κ1) is 13.2. The summed E-state index contributed by atoms with van der Waals surface area (Å²) in [7, 11) is 0. The lowest BCUT2D eigenvalue weighted by molar-refractivity contribution is 0.0205. The van der Waals surface area contributed by atoms with Gasteiger partial charge in [0, 0.05) is 0 Å². The highest BCUT2D eigenvalue weighted by molar-refractivity contribution is 6.34. The molecule has 0 spiro atoms. The fourth-order valence-electron chi connectivity index (χ4n) is 0.900. The van der Waals surface area contributed by atoms with Crippen molar-refractivity contribution >= 4 is 29.1 Å². The van der Waals surface area contributed by atoms with Gasteiger partial charge in [0.15, 0.2) is 5.69 Å². The minimum Gasteiger partial charge on any atom is -0.273 e. The Bertz CT molecular complexity index is 383. The lowest BCUT2D eigenvalue weighted by Crippen LogP contribution is -2.26. The number of amides is 1. The standard InChI is InChI=1S/C10H12Cl2N2O2/c1-6(2)5-16-14-10(15)9-7(11)3-4-8(12)13-9/h3-4,6H,5H2,1-2H3,(H,14,15). The number of carbonyl (C=O) groups is 1. The van der Waals surface area contributed by atoms with Gasteiger partial charge in [0.2, 0.25) is 0 Å². The maximum atomic E-state index is 11.6. The molecule has 1 aromatic heterocycles. The zero-order valence-electron chi connectivity index (χ0n) is 8.96. The van der Waals surface area contributed by atoms with E-state index >= 15 is 0 Å². The highest BCUT2D eigenvalue weighted by Gasteiger charge is 2.12. The molecule has 1 rings (SSSR count). The van der Waals surface area contributed by atoms with Crippen LogP contribution in [-0.4, -0.2) is 17.5 Å².